The lowest BCUT2D eigenvalue weighted by Gasteiger charge is -2.17. The Labute approximate surface area is 139 Å². The van der Waals surface area contributed by atoms with Gasteiger partial charge < -0.3 is 15.2 Å². The number of aryl methyl sites for hydroxylation is 2. The lowest BCUT2D eigenvalue weighted by molar-refractivity contribution is -0.384. The number of rotatable bonds is 5. The van der Waals surface area contributed by atoms with Crippen molar-refractivity contribution < 1.29 is 19.6 Å². The summed E-state index contributed by atoms with van der Waals surface area (Å²) in [5.74, 6) is -0.194. The summed E-state index contributed by atoms with van der Waals surface area (Å²) in [6.45, 7) is 5.34. The number of phenols is 1. The van der Waals surface area contributed by atoms with Gasteiger partial charge in [0.05, 0.1) is 10.6 Å². The van der Waals surface area contributed by atoms with Crippen LogP contribution in [0.1, 0.15) is 18.1 Å². The number of aromatic hydroxyl groups is 1. The Morgan fingerprint density at radius 2 is 1.96 bits per heavy atom. The van der Waals surface area contributed by atoms with E-state index in [1.54, 1.807) is 6.92 Å². The predicted octanol–water partition coefficient (Wildman–Crippen LogP) is 3.32. The van der Waals surface area contributed by atoms with Gasteiger partial charge in [0.25, 0.3) is 11.6 Å². The second-order valence-electron chi connectivity index (χ2n) is 5.48. The third-order valence-electron chi connectivity index (χ3n) is 3.47. The molecule has 0 aliphatic carbocycles. The molecule has 24 heavy (non-hydrogen) atoms. The van der Waals surface area contributed by atoms with Crippen molar-refractivity contribution in [3.05, 3.63) is 57.6 Å². The zero-order valence-electron chi connectivity index (χ0n) is 13.6. The molecule has 0 aromatic heterocycles. The molecule has 2 N–H and O–H groups in total. The number of nitrogens with one attached hydrogen (secondary N) is 1. The third kappa shape index (κ3) is 4.01. The van der Waals surface area contributed by atoms with Gasteiger partial charge in [-0.15, -0.1) is 0 Å². The number of hydrogen-bond acceptors (Lipinski definition) is 5. The van der Waals surface area contributed by atoms with E-state index in [0.717, 1.165) is 29.3 Å². The summed E-state index contributed by atoms with van der Waals surface area (Å²) in [5.41, 5.74) is 1.62. The number of carbonyl (C=O) groups is 1. The fraction of sp³-hybridized carbons (Fsp3) is 0.235. The Morgan fingerprint density at radius 3 is 2.62 bits per heavy atom. The summed E-state index contributed by atoms with van der Waals surface area (Å²) in [6, 6.07) is 9.06. The number of nitrogens with zero attached hydrogens (tertiary/aromatic N) is 1. The van der Waals surface area contributed by atoms with E-state index >= 15 is 0 Å². The van der Waals surface area contributed by atoms with E-state index in [4.69, 9.17) is 4.74 Å². The number of non-ortho nitro benzene ring substituents is 1. The van der Waals surface area contributed by atoms with Crippen LogP contribution >= 0.6 is 0 Å². The Hall–Kier alpha value is -3.09. The lowest BCUT2D eigenvalue weighted by Crippen LogP contribution is -2.30. The first-order valence-corrected chi connectivity index (χ1v) is 7.30. The minimum atomic E-state index is -0.843. The van der Waals surface area contributed by atoms with Crippen molar-refractivity contribution in [1.29, 1.82) is 0 Å². The van der Waals surface area contributed by atoms with Gasteiger partial charge in [-0.25, -0.2) is 0 Å². The van der Waals surface area contributed by atoms with Gasteiger partial charge in [-0.3, -0.25) is 14.9 Å². The smallest absolute Gasteiger partial charge is 0.271 e. The van der Waals surface area contributed by atoms with Crippen molar-refractivity contribution in [2.45, 2.75) is 26.9 Å². The van der Waals surface area contributed by atoms with Crippen LogP contribution < -0.4 is 10.1 Å². The average molecular weight is 330 g/mol. The predicted molar refractivity (Wildman–Crippen MR) is 89.4 cm³/mol. The molecule has 2 aromatic rings. The summed E-state index contributed by atoms with van der Waals surface area (Å²) >= 11 is 0. The molecule has 0 bridgehead atoms. The molecular formula is C17H18N2O5. The van der Waals surface area contributed by atoms with Crippen molar-refractivity contribution >= 4 is 17.3 Å². The molecule has 1 unspecified atom stereocenters. The second kappa shape index (κ2) is 6.99. The molecule has 0 heterocycles. The molecule has 1 atom stereocenters. The Bertz CT molecular complexity index is 789. The molecule has 0 radical (unpaired) electrons. The van der Waals surface area contributed by atoms with E-state index < -0.39 is 16.9 Å². The van der Waals surface area contributed by atoms with Crippen LogP contribution in [0.15, 0.2) is 36.4 Å². The van der Waals surface area contributed by atoms with Gasteiger partial charge in [-0.2, -0.15) is 0 Å². The maximum atomic E-state index is 12.2. The lowest BCUT2D eigenvalue weighted by atomic mass is 10.1. The minimum Gasteiger partial charge on any atom is -0.506 e. The molecule has 7 heteroatoms. The summed E-state index contributed by atoms with van der Waals surface area (Å²) < 4.78 is 5.65. The quantitative estimate of drug-likeness (QED) is 0.497. The fourth-order valence-corrected chi connectivity index (χ4v) is 2.05. The number of anilines is 1. The van der Waals surface area contributed by atoms with Gasteiger partial charge in [0.15, 0.2) is 6.10 Å². The maximum absolute atomic E-state index is 12.2. The Morgan fingerprint density at radius 1 is 1.25 bits per heavy atom. The highest BCUT2D eigenvalue weighted by molar-refractivity contribution is 5.95. The molecule has 2 aromatic carbocycles. The van der Waals surface area contributed by atoms with E-state index in [1.165, 1.54) is 0 Å². The van der Waals surface area contributed by atoms with Crippen molar-refractivity contribution in [1.82, 2.24) is 0 Å². The van der Waals surface area contributed by atoms with Gasteiger partial charge in [0.2, 0.25) is 0 Å². The highest BCUT2D eigenvalue weighted by Gasteiger charge is 2.19. The number of hydrogen-bond donors (Lipinski definition) is 2. The number of nitro benzene ring substituents is 1. The van der Waals surface area contributed by atoms with Crippen molar-refractivity contribution in [2.24, 2.45) is 0 Å². The molecule has 0 fully saturated rings. The van der Waals surface area contributed by atoms with E-state index in [0.29, 0.717) is 5.75 Å². The average Bonchev–Trinajstić information content (AvgIpc) is 2.52. The molecule has 2 rings (SSSR count). The number of phenolic OH excluding ortho intramolecular Hbond substituents is 1. The molecule has 1 amide bonds. The standard InChI is InChI=1S/C17H18N2O5/c1-10-4-5-11(2)16(8-10)24-12(3)17(21)18-14-9-13(19(22)23)6-7-15(14)20/h4-9,12,20H,1-3H3,(H,18,21). The van der Waals surface area contributed by atoms with Gasteiger partial charge in [-0.1, -0.05) is 12.1 Å². The number of amides is 1. The monoisotopic (exact) mass is 330 g/mol. The fourth-order valence-electron chi connectivity index (χ4n) is 2.05. The van der Waals surface area contributed by atoms with Crippen molar-refractivity contribution in [3.8, 4) is 11.5 Å². The van der Waals surface area contributed by atoms with Crippen LogP contribution in [-0.4, -0.2) is 22.0 Å². The van der Waals surface area contributed by atoms with Gasteiger partial charge in [-0.05, 0) is 44.0 Å². The number of benzene rings is 2. The molecule has 7 nitrogen and oxygen atoms in total. The summed E-state index contributed by atoms with van der Waals surface area (Å²) in [4.78, 5) is 22.4. The summed E-state index contributed by atoms with van der Waals surface area (Å²) in [6.07, 6.45) is -0.843. The van der Waals surface area contributed by atoms with Crippen LogP contribution in [0.25, 0.3) is 0 Å². The van der Waals surface area contributed by atoms with Crippen LogP contribution in [0, 0.1) is 24.0 Å². The molecule has 0 aliphatic heterocycles. The largest absolute Gasteiger partial charge is 0.506 e. The zero-order chi connectivity index (χ0) is 17.9. The van der Waals surface area contributed by atoms with Crippen molar-refractivity contribution in [3.63, 3.8) is 0 Å². The van der Waals surface area contributed by atoms with E-state index in [9.17, 15) is 20.0 Å². The Balaban J connectivity index is 2.13. The first-order chi connectivity index (χ1) is 11.3. The Kier molecular flexibility index (Phi) is 5.03. The van der Waals surface area contributed by atoms with E-state index in [2.05, 4.69) is 5.32 Å². The molecule has 0 aliphatic rings. The highest BCUT2D eigenvalue weighted by Crippen LogP contribution is 2.28. The molecule has 126 valence electrons. The second-order valence-corrected chi connectivity index (χ2v) is 5.48. The molecule has 0 saturated heterocycles. The van der Waals surface area contributed by atoms with Gasteiger partial charge >= 0.3 is 0 Å². The summed E-state index contributed by atoms with van der Waals surface area (Å²) in [7, 11) is 0. The van der Waals surface area contributed by atoms with Crippen LogP contribution in [0.2, 0.25) is 0 Å². The van der Waals surface area contributed by atoms with Gasteiger partial charge in [0, 0.05) is 12.1 Å². The molecule has 0 spiro atoms. The van der Waals surface area contributed by atoms with Crippen LogP contribution in [0.3, 0.4) is 0 Å². The molecular weight excluding hydrogens is 312 g/mol. The van der Waals surface area contributed by atoms with Crippen molar-refractivity contribution in [2.75, 3.05) is 5.32 Å². The van der Waals surface area contributed by atoms with Gasteiger partial charge in [0.1, 0.15) is 11.5 Å². The third-order valence-corrected chi connectivity index (χ3v) is 3.47. The first-order valence-electron chi connectivity index (χ1n) is 7.30. The van der Waals surface area contributed by atoms with Crippen LogP contribution in [0.4, 0.5) is 11.4 Å². The number of carbonyl (C=O) groups excluding carboxylic acids is 1. The zero-order valence-corrected chi connectivity index (χ0v) is 13.6. The van der Waals surface area contributed by atoms with Crippen LogP contribution in [-0.2, 0) is 4.79 Å². The normalized spacial score (nSPS) is 11.6. The SMILES string of the molecule is Cc1ccc(C)c(OC(C)C(=O)Nc2cc([N+](=O)[O-])ccc2O)c1. The molecule has 0 saturated carbocycles. The topological polar surface area (TPSA) is 102 Å². The highest BCUT2D eigenvalue weighted by atomic mass is 16.6. The summed E-state index contributed by atoms with van der Waals surface area (Å²) in [5, 5.41) is 23.0. The maximum Gasteiger partial charge on any atom is 0.271 e. The first kappa shape index (κ1) is 17.3. The minimum absolute atomic E-state index is 0.0365. The van der Waals surface area contributed by atoms with E-state index in [1.807, 2.05) is 32.0 Å². The van der Waals surface area contributed by atoms with Crippen LogP contribution in [0.5, 0.6) is 11.5 Å². The van der Waals surface area contributed by atoms with E-state index in [-0.39, 0.29) is 17.1 Å². The number of ether oxygens (including phenoxy) is 1. The number of nitro groups is 1.